The van der Waals surface area contributed by atoms with Crippen LogP contribution >= 0.6 is 11.8 Å². The van der Waals surface area contributed by atoms with Crippen molar-refractivity contribution in [1.29, 1.82) is 0 Å². The maximum atomic E-state index is 12.0. The van der Waals surface area contributed by atoms with Gasteiger partial charge in [0.25, 0.3) is 0 Å². The van der Waals surface area contributed by atoms with E-state index in [9.17, 15) is 4.79 Å². The number of aryl methyl sites for hydroxylation is 2. The molecule has 3 nitrogen and oxygen atoms in total. The summed E-state index contributed by atoms with van der Waals surface area (Å²) < 4.78 is 0. The van der Waals surface area contributed by atoms with Crippen LogP contribution in [0.3, 0.4) is 0 Å². The highest BCUT2D eigenvalue weighted by molar-refractivity contribution is 7.99. The van der Waals surface area contributed by atoms with Crippen LogP contribution in [0, 0.1) is 13.8 Å². The van der Waals surface area contributed by atoms with Gasteiger partial charge in [0.05, 0.1) is 0 Å². The molecule has 0 atom stereocenters. The van der Waals surface area contributed by atoms with Gasteiger partial charge in [0.1, 0.15) is 0 Å². The van der Waals surface area contributed by atoms with Crippen molar-refractivity contribution in [2.75, 3.05) is 31.9 Å². The number of thioether (sulfide) groups is 1. The van der Waals surface area contributed by atoms with Crippen molar-refractivity contribution in [2.24, 2.45) is 0 Å². The number of hydrogen-bond donors (Lipinski definition) is 1. The first kappa shape index (κ1) is 14.4. The molecular formula is C15H22N2OS. The smallest absolute Gasteiger partial charge is 0.223 e. The molecule has 19 heavy (non-hydrogen) atoms. The standard InChI is InChI=1S/C15H22N2OS/c1-12-3-4-14(11-13(12)2)19-10-5-15(18)17-8-6-16-7-9-17/h3-4,11,16H,5-10H2,1-2H3. The Bertz CT molecular complexity index is 442. The van der Waals surface area contributed by atoms with Crippen LogP contribution in [-0.4, -0.2) is 42.7 Å². The van der Waals surface area contributed by atoms with Crippen molar-refractivity contribution < 1.29 is 4.79 Å². The van der Waals surface area contributed by atoms with E-state index in [1.165, 1.54) is 16.0 Å². The molecule has 0 bridgehead atoms. The van der Waals surface area contributed by atoms with Crippen LogP contribution in [0.25, 0.3) is 0 Å². The number of amides is 1. The minimum Gasteiger partial charge on any atom is -0.340 e. The van der Waals surface area contributed by atoms with E-state index in [2.05, 4.69) is 37.4 Å². The zero-order valence-corrected chi connectivity index (χ0v) is 12.6. The second kappa shape index (κ2) is 6.96. The summed E-state index contributed by atoms with van der Waals surface area (Å²) in [5.41, 5.74) is 2.64. The van der Waals surface area contributed by atoms with Crippen molar-refractivity contribution >= 4 is 17.7 Å². The average molecular weight is 278 g/mol. The predicted molar refractivity (Wildman–Crippen MR) is 80.7 cm³/mol. The zero-order valence-electron chi connectivity index (χ0n) is 11.7. The van der Waals surface area contributed by atoms with Crippen LogP contribution in [0.1, 0.15) is 17.5 Å². The molecule has 1 aromatic carbocycles. The van der Waals surface area contributed by atoms with Crippen molar-refractivity contribution in [3.05, 3.63) is 29.3 Å². The van der Waals surface area contributed by atoms with E-state index < -0.39 is 0 Å². The Morgan fingerprint density at radius 1 is 1.26 bits per heavy atom. The molecule has 0 spiro atoms. The predicted octanol–water partition coefficient (Wildman–Crippen LogP) is 2.22. The fourth-order valence-corrected chi connectivity index (χ4v) is 3.07. The molecule has 0 radical (unpaired) electrons. The summed E-state index contributed by atoms with van der Waals surface area (Å²) >= 11 is 1.77. The maximum absolute atomic E-state index is 12.0. The third-order valence-corrected chi connectivity index (χ3v) is 4.53. The highest BCUT2D eigenvalue weighted by Gasteiger charge is 2.15. The average Bonchev–Trinajstić information content (AvgIpc) is 2.43. The molecule has 1 saturated heterocycles. The van der Waals surface area contributed by atoms with Crippen LogP contribution < -0.4 is 5.32 Å². The molecule has 0 aliphatic carbocycles. The van der Waals surface area contributed by atoms with Gasteiger partial charge in [-0.25, -0.2) is 0 Å². The summed E-state index contributed by atoms with van der Waals surface area (Å²) in [6, 6.07) is 6.49. The number of hydrogen-bond acceptors (Lipinski definition) is 3. The Morgan fingerprint density at radius 2 is 2.00 bits per heavy atom. The van der Waals surface area contributed by atoms with Gasteiger partial charge in [0, 0.05) is 43.2 Å². The van der Waals surface area contributed by atoms with Crippen molar-refractivity contribution in [3.63, 3.8) is 0 Å². The number of piperazine rings is 1. The second-order valence-electron chi connectivity index (χ2n) is 4.98. The first-order chi connectivity index (χ1) is 9.16. The molecule has 1 aromatic rings. The van der Waals surface area contributed by atoms with Gasteiger partial charge >= 0.3 is 0 Å². The molecule has 1 heterocycles. The summed E-state index contributed by atoms with van der Waals surface area (Å²) in [4.78, 5) is 15.2. The summed E-state index contributed by atoms with van der Waals surface area (Å²) in [6.07, 6.45) is 0.636. The van der Waals surface area contributed by atoms with Crippen molar-refractivity contribution in [2.45, 2.75) is 25.2 Å². The van der Waals surface area contributed by atoms with Crippen molar-refractivity contribution in [3.8, 4) is 0 Å². The lowest BCUT2D eigenvalue weighted by atomic mass is 10.1. The SMILES string of the molecule is Cc1ccc(SCCC(=O)N2CCNCC2)cc1C. The third kappa shape index (κ3) is 4.25. The Hall–Kier alpha value is -1.00. The molecule has 1 N–H and O–H groups in total. The zero-order chi connectivity index (χ0) is 13.7. The van der Waals surface area contributed by atoms with Gasteiger partial charge in [0.2, 0.25) is 5.91 Å². The minimum atomic E-state index is 0.290. The Labute approximate surface area is 119 Å². The first-order valence-corrected chi connectivity index (χ1v) is 7.84. The molecule has 104 valence electrons. The first-order valence-electron chi connectivity index (χ1n) is 6.85. The van der Waals surface area contributed by atoms with Crippen LogP contribution in [0.2, 0.25) is 0 Å². The van der Waals surface area contributed by atoms with Gasteiger partial charge in [-0.15, -0.1) is 11.8 Å². The van der Waals surface area contributed by atoms with E-state index >= 15 is 0 Å². The molecule has 0 aromatic heterocycles. The Morgan fingerprint density at radius 3 is 2.68 bits per heavy atom. The van der Waals surface area contributed by atoms with Crippen LogP contribution in [0.5, 0.6) is 0 Å². The molecule has 0 saturated carbocycles. The normalized spacial score (nSPS) is 15.6. The maximum Gasteiger partial charge on any atom is 0.223 e. The van der Waals surface area contributed by atoms with Gasteiger partial charge in [-0.05, 0) is 37.1 Å². The van der Waals surface area contributed by atoms with Crippen LogP contribution in [0.15, 0.2) is 23.1 Å². The fourth-order valence-electron chi connectivity index (χ4n) is 2.13. The fraction of sp³-hybridized carbons (Fsp3) is 0.533. The monoisotopic (exact) mass is 278 g/mol. The molecule has 1 fully saturated rings. The summed E-state index contributed by atoms with van der Waals surface area (Å²) in [5, 5.41) is 3.26. The topological polar surface area (TPSA) is 32.3 Å². The van der Waals surface area contributed by atoms with E-state index in [1.54, 1.807) is 11.8 Å². The number of benzene rings is 1. The quantitative estimate of drug-likeness (QED) is 0.857. The number of carbonyl (C=O) groups is 1. The number of nitrogens with one attached hydrogen (secondary N) is 1. The lowest BCUT2D eigenvalue weighted by Gasteiger charge is -2.27. The van der Waals surface area contributed by atoms with E-state index in [1.807, 2.05) is 4.90 Å². The molecule has 4 heteroatoms. The molecule has 1 amide bonds. The molecule has 2 rings (SSSR count). The number of nitrogens with zero attached hydrogens (tertiary/aromatic N) is 1. The Kier molecular flexibility index (Phi) is 5.28. The summed E-state index contributed by atoms with van der Waals surface area (Å²) in [7, 11) is 0. The van der Waals surface area contributed by atoms with Gasteiger partial charge in [0.15, 0.2) is 0 Å². The molecule has 1 aliphatic heterocycles. The van der Waals surface area contributed by atoms with Crippen LogP contribution in [-0.2, 0) is 4.79 Å². The third-order valence-electron chi connectivity index (χ3n) is 3.53. The van der Waals surface area contributed by atoms with Gasteiger partial charge in [-0.2, -0.15) is 0 Å². The lowest BCUT2D eigenvalue weighted by Crippen LogP contribution is -2.46. The Balaban J connectivity index is 1.76. The van der Waals surface area contributed by atoms with E-state index in [-0.39, 0.29) is 5.91 Å². The van der Waals surface area contributed by atoms with E-state index in [4.69, 9.17) is 0 Å². The number of carbonyl (C=O) groups excluding carboxylic acids is 1. The molecular weight excluding hydrogens is 256 g/mol. The largest absolute Gasteiger partial charge is 0.340 e. The highest BCUT2D eigenvalue weighted by Crippen LogP contribution is 2.21. The van der Waals surface area contributed by atoms with Gasteiger partial charge < -0.3 is 10.2 Å². The summed E-state index contributed by atoms with van der Waals surface area (Å²) in [6.45, 7) is 7.81. The van der Waals surface area contributed by atoms with E-state index in [0.717, 1.165) is 31.9 Å². The van der Waals surface area contributed by atoms with E-state index in [0.29, 0.717) is 6.42 Å². The van der Waals surface area contributed by atoms with Gasteiger partial charge in [-0.3, -0.25) is 4.79 Å². The highest BCUT2D eigenvalue weighted by atomic mass is 32.2. The molecule has 0 unspecified atom stereocenters. The number of rotatable bonds is 4. The van der Waals surface area contributed by atoms with Crippen molar-refractivity contribution in [1.82, 2.24) is 10.2 Å². The minimum absolute atomic E-state index is 0.290. The van der Waals surface area contributed by atoms with Crippen LogP contribution in [0.4, 0.5) is 0 Å². The second-order valence-corrected chi connectivity index (χ2v) is 6.14. The molecule has 1 aliphatic rings. The summed E-state index contributed by atoms with van der Waals surface area (Å²) in [5.74, 6) is 1.16. The lowest BCUT2D eigenvalue weighted by molar-refractivity contribution is -0.131. The van der Waals surface area contributed by atoms with Gasteiger partial charge in [-0.1, -0.05) is 6.07 Å².